The lowest BCUT2D eigenvalue weighted by Gasteiger charge is -2.32. The van der Waals surface area contributed by atoms with Crippen LogP contribution in [0.25, 0.3) is 0 Å². The van der Waals surface area contributed by atoms with Crippen molar-refractivity contribution >= 4 is 11.7 Å². The third-order valence-electron chi connectivity index (χ3n) is 4.38. The van der Waals surface area contributed by atoms with Crippen LogP contribution in [0.15, 0.2) is 24.3 Å². The second-order valence-corrected chi connectivity index (χ2v) is 5.90. The molecular weight excluding hydrogens is 266 g/mol. The van der Waals surface area contributed by atoms with Crippen molar-refractivity contribution < 1.29 is 14.3 Å². The minimum absolute atomic E-state index is 0.183. The van der Waals surface area contributed by atoms with Crippen LogP contribution < -0.4 is 10.1 Å². The molecule has 0 aromatic heterocycles. The van der Waals surface area contributed by atoms with Crippen molar-refractivity contribution in [3.05, 3.63) is 24.3 Å². The molecule has 0 bridgehead atoms. The average Bonchev–Trinajstić information content (AvgIpc) is 2.53. The minimum atomic E-state index is -0.283. The van der Waals surface area contributed by atoms with E-state index >= 15 is 0 Å². The van der Waals surface area contributed by atoms with Crippen LogP contribution in [0.4, 0.5) is 5.69 Å². The molecule has 1 fully saturated rings. The van der Waals surface area contributed by atoms with Crippen LogP contribution in [0.2, 0.25) is 0 Å². The number of ether oxygens (including phenoxy) is 2. The molecule has 21 heavy (non-hydrogen) atoms. The Kier molecular flexibility index (Phi) is 5.48. The molecule has 0 amide bonds. The Morgan fingerprint density at radius 2 is 1.95 bits per heavy atom. The lowest BCUT2D eigenvalue weighted by molar-refractivity contribution is -0.143. The summed E-state index contributed by atoms with van der Waals surface area (Å²) in [4.78, 5) is 12.1. The Labute approximate surface area is 126 Å². The maximum atomic E-state index is 12.1. The van der Waals surface area contributed by atoms with Crippen LogP contribution >= 0.6 is 0 Å². The Morgan fingerprint density at radius 3 is 2.57 bits per heavy atom. The van der Waals surface area contributed by atoms with Crippen LogP contribution in [0.5, 0.6) is 5.75 Å². The summed E-state index contributed by atoms with van der Waals surface area (Å²) in [7, 11) is 3.09. The number of benzene rings is 1. The Balaban J connectivity index is 2.10. The second kappa shape index (κ2) is 7.34. The van der Waals surface area contributed by atoms with Gasteiger partial charge in [-0.1, -0.05) is 25.8 Å². The summed E-state index contributed by atoms with van der Waals surface area (Å²) in [5.41, 5.74) is 0.892. The van der Waals surface area contributed by atoms with Gasteiger partial charge in [-0.2, -0.15) is 0 Å². The molecule has 4 heteroatoms. The van der Waals surface area contributed by atoms with Crippen molar-refractivity contribution in [2.24, 2.45) is 11.8 Å². The average molecular weight is 291 g/mol. The summed E-state index contributed by atoms with van der Waals surface area (Å²) < 4.78 is 10.2. The molecule has 2 rings (SSSR count). The molecular formula is C17H25NO3. The smallest absolute Gasteiger partial charge is 0.328 e. The topological polar surface area (TPSA) is 47.6 Å². The molecule has 1 aliphatic rings. The van der Waals surface area contributed by atoms with E-state index in [1.165, 1.54) is 20.0 Å². The largest absolute Gasteiger partial charge is 0.497 e. The van der Waals surface area contributed by atoms with E-state index in [4.69, 9.17) is 9.47 Å². The summed E-state index contributed by atoms with van der Waals surface area (Å²) in [5.74, 6) is 1.69. The first-order valence-corrected chi connectivity index (χ1v) is 7.62. The summed E-state index contributed by atoms with van der Waals surface area (Å²) >= 11 is 0. The van der Waals surface area contributed by atoms with Gasteiger partial charge in [-0.05, 0) is 36.8 Å². The van der Waals surface area contributed by atoms with E-state index in [0.29, 0.717) is 5.92 Å². The number of hydrogen-bond acceptors (Lipinski definition) is 4. The van der Waals surface area contributed by atoms with E-state index in [1.54, 1.807) is 7.11 Å². The van der Waals surface area contributed by atoms with Crippen LogP contribution in [-0.4, -0.2) is 26.2 Å². The van der Waals surface area contributed by atoms with Gasteiger partial charge in [0.1, 0.15) is 11.8 Å². The fraction of sp³-hybridized carbons (Fsp3) is 0.588. The highest BCUT2D eigenvalue weighted by Gasteiger charge is 2.31. The van der Waals surface area contributed by atoms with Gasteiger partial charge in [0.25, 0.3) is 0 Å². The van der Waals surface area contributed by atoms with E-state index in [2.05, 4.69) is 12.2 Å². The number of nitrogens with one attached hydrogen (secondary N) is 1. The predicted octanol–water partition coefficient (Wildman–Crippen LogP) is 3.48. The normalized spacial score (nSPS) is 23.2. The van der Waals surface area contributed by atoms with Gasteiger partial charge in [0.15, 0.2) is 0 Å². The highest BCUT2D eigenvalue weighted by molar-refractivity contribution is 5.79. The number of rotatable bonds is 5. The third kappa shape index (κ3) is 4.13. The van der Waals surface area contributed by atoms with Crippen molar-refractivity contribution in [3.8, 4) is 5.75 Å². The number of carbonyl (C=O) groups is 1. The van der Waals surface area contributed by atoms with Crippen molar-refractivity contribution in [3.63, 3.8) is 0 Å². The lowest BCUT2D eigenvalue weighted by atomic mass is 9.79. The van der Waals surface area contributed by atoms with E-state index < -0.39 is 0 Å². The lowest BCUT2D eigenvalue weighted by Crippen LogP contribution is -2.39. The van der Waals surface area contributed by atoms with Crippen LogP contribution in [-0.2, 0) is 9.53 Å². The molecule has 1 saturated carbocycles. The highest BCUT2D eigenvalue weighted by atomic mass is 16.5. The number of hydrogen-bond donors (Lipinski definition) is 1. The van der Waals surface area contributed by atoms with Crippen molar-refractivity contribution in [2.75, 3.05) is 19.5 Å². The molecule has 1 atom stereocenters. The third-order valence-corrected chi connectivity index (χ3v) is 4.38. The van der Waals surface area contributed by atoms with Gasteiger partial charge in [0, 0.05) is 11.8 Å². The number of anilines is 1. The van der Waals surface area contributed by atoms with Gasteiger partial charge >= 0.3 is 5.97 Å². The van der Waals surface area contributed by atoms with Crippen molar-refractivity contribution in [2.45, 2.75) is 38.6 Å². The molecule has 1 N–H and O–H groups in total. The summed E-state index contributed by atoms with van der Waals surface area (Å²) in [6, 6.07) is 7.37. The number of carbonyl (C=O) groups excluding carboxylic acids is 1. The van der Waals surface area contributed by atoms with E-state index in [9.17, 15) is 4.79 Å². The molecule has 1 aliphatic carbocycles. The molecule has 0 aliphatic heterocycles. The molecule has 116 valence electrons. The number of methoxy groups -OCH3 is 2. The van der Waals surface area contributed by atoms with Gasteiger partial charge in [-0.15, -0.1) is 0 Å². The quantitative estimate of drug-likeness (QED) is 0.844. The van der Waals surface area contributed by atoms with Gasteiger partial charge in [-0.3, -0.25) is 0 Å². The molecule has 1 aromatic rings. The van der Waals surface area contributed by atoms with E-state index in [1.807, 2.05) is 24.3 Å². The zero-order chi connectivity index (χ0) is 15.2. The summed E-state index contributed by atoms with van der Waals surface area (Å²) in [6.07, 6.45) is 4.49. The summed E-state index contributed by atoms with van der Waals surface area (Å²) in [6.45, 7) is 2.28. The minimum Gasteiger partial charge on any atom is -0.497 e. The molecule has 0 spiro atoms. The SMILES string of the molecule is COC(=O)C(Nc1cccc(OC)c1)C1CCC(C)CC1. The van der Waals surface area contributed by atoms with Crippen LogP contribution in [0.1, 0.15) is 32.6 Å². The molecule has 1 unspecified atom stereocenters. The van der Waals surface area contributed by atoms with Gasteiger partial charge in [0.2, 0.25) is 0 Å². The Hall–Kier alpha value is -1.71. The van der Waals surface area contributed by atoms with Gasteiger partial charge in [0.05, 0.1) is 14.2 Å². The molecule has 0 saturated heterocycles. The standard InChI is InChI=1S/C17H25NO3/c1-12-7-9-13(10-8-12)16(17(19)21-3)18-14-5-4-6-15(11-14)20-2/h4-6,11-13,16,18H,7-10H2,1-3H3. The van der Waals surface area contributed by atoms with Crippen LogP contribution in [0, 0.1) is 11.8 Å². The highest BCUT2D eigenvalue weighted by Crippen LogP contribution is 2.32. The number of esters is 1. The van der Waals surface area contributed by atoms with Gasteiger partial charge in [-0.25, -0.2) is 4.79 Å². The molecule has 0 heterocycles. The molecule has 1 aromatic carbocycles. The Morgan fingerprint density at radius 1 is 1.24 bits per heavy atom. The zero-order valence-corrected chi connectivity index (χ0v) is 13.1. The van der Waals surface area contributed by atoms with Gasteiger partial charge < -0.3 is 14.8 Å². The predicted molar refractivity (Wildman–Crippen MR) is 83.5 cm³/mol. The monoisotopic (exact) mass is 291 g/mol. The second-order valence-electron chi connectivity index (χ2n) is 5.90. The van der Waals surface area contributed by atoms with E-state index in [-0.39, 0.29) is 12.0 Å². The van der Waals surface area contributed by atoms with Crippen LogP contribution in [0.3, 0.4) is 0 Å². The Bertz CT molecular complexity index is 467. The summed E-state index contributed by atoms with van der Waals surface area (Å²) in [5, 5.41) is 3.33. The van der Waals surface area contributed by atoms with E-state index in [0.717, 1.165) is 30.2 Å². The first kappa shape index (κ1) is 15.7. The first-order valence-electron chi connectivity index (χ1n) is 7.62. The molecule has 0 radical (unpaired) electrons. The fourth-order valence-corrected chi connectivity index (χ4v) is 3.01. The zero-order valence-electron chi connectivity index (χ0n) is 13.1. The van der Waals surface area contributed by atoms with Crippen molar-refractivity contribution in [1.29, 1.82) is 0 Å². The maximum absolute atomic E-state index is 12.1. The molecule has 4 nitrogen and oxygen atoms in total. The first-order chi connectivity index (χ1) is 10.1. The fourth-order valence-electron chi connectivity index (χ4n) is 3.01. The maximum Gasteiger partial charge on any atom is 0.328 e. The van der Waals surface area contributed by atoms with Crippen molar-refractivity contribution in [1.82, 2.24) is 0 Å².